The van der Waals surface area contributed by atoms with E-state index in [1.807, 2.05) is 0 Å². The summed E-state index contributed by atoms with van der Waals surface area (Å²) in [6, 6.07) is 12.0. The topological polar surface area (TPSA) is 72.3 Å². The highest BCUT2D eigenvalue weighted by atomic mass is 32.1. The van der Waals surface area contributed by atoms with Crippen LogP contribution in [0.2, 0.25) is 0 Å². The summed E-state index contributed by atoms with van der Waals surface area (Å²) in [6.45, 7) is 2.11. The Bertz CT molecular complexity index is 1020. The molecular formula is C20H19FN4O2S. The predicted molar refractivity (Wildman–Crippen MR) is 107 cm³/mol. The first-order valence-corrected chi connectivity index (χ1v) is 9.26. The van der Waals surface area contributed by atoms with Gasteiger partial charge in [-0.2, -0.15) is 14.9 Å². The van der Waals surface area contributed by atoms with Crippen molar-refractivity contribution in [1.82, 2.24) is 14.9 Å². The first-order chi connectivity index (χ1) is 13.6. The molecule has 0 radical (unpaired) electrons. The van der Waals surface area contributed by atoms with Crippen LogP contribution in [-0.4, -0.2) is 27.1 Å². The maximum absolute atomic E-state index is 12.9. The predicted octanol–water partition coefficient (Wildman–Crippen LogP) is 4.52. The van der Waals surface area contributed by atoms with Crippen molar-refractivity contribution >= 4 is 24.4 Å². The second-order valence-corrected chi connectivity index (χ2v) is 6.46. The first-order valence-electron chi connectivity index (χ1n) is 8.85. The Morgan fingerprint density at radius 1 is 1.25 bits per heavy atom. The van der Waals surface area contributed by atoms with Crippen LogP contribution >= 0.6 is 12.2 Å². The van der Waals surface area contributed by atoms with E-state index in [0.29, 0.717) is 10.5 Å². The molecule has 0 aliphatic heterocycles. The molecule has 1 aromatic heterocycles. The van der Waals surface area contributed by atoms with Gasteiger partial charge in [-0.25, -0.2) is 9.18 Å². The van der Waals surface area contributed by atoms with E-state index < -0.39 is 11.8 Å². The fourth-order valence-electron chi connectivity index (χ4n) is 2.44. The monoisotopic (exact) mass is 398 g/mol. The van der Waals surface area contributed by atoms with Crippen LogP contribution in [0.1, 0.15) is 41.5 Å². The summed E-state index contributed by atoms with van der Waals surface area (Å²) in [6.07, 6.45) is 4.51. The van der Waals surface area contributed by atoms with Gasteiger partial charge >= 0.3 is 5.97 Å². The summed E-state index contributed by atoms with van der Waals surface area (Å²) in [5, 5.41) is 11.3. The number of aromatic amines is 1. The average Bonchev–Trinajstić information content (AvgIpc) is 3.05. The molecule has 0 aliphatic rings. The number of rotatable bonds is 7. The molecule has 0 aliphatic carbocycles. The SMILES string of the molecule is CCCCc1n[nH]c(=S)n1/N=C\c1ccc(OC(=O)c2ccc(F)cc2)cc1. The molecule has 0 unspecified atom stereocenters. The zero-order valence-corrected chi connectivity index (χ0v) is 16.1. The van der Waals surface area contributed by atoms with Crippen LogP contribution in [0.15, 0.2) is 53.6 Å². The highest BCUT2D eigenvalue weighted by Gasteiger charge is 2.08. The second-order valence-electron chi connectivity index (χ2n) is 6.07. The molecule has 3 rings (SSSR count). The Morgan fingerprint density at radius 3 is 2.64 bits per heavy atom. The number of unbranched alkanes of at least 4 members (excludes halogenated alkanes) is 1. The number of ether oxygens (including phenoxy) is 1. The second kappa shape index (κ2) is 9.18. The molecule has 0 amide bonds. The number of H-pyrrole nitrogens is 1. The van der Waals surface area contributed by atoms with Gasteiger partial charge in [0.2, 0.25) is 4.77 Å². The van der Waals surface area contributed by atoms with Crippen molar-refractivity contribution < 1.29 is 13.9 Å². The zero-order chi connectivity index (χ0) is 19.9. The van der Waals surface area contributed by atoms with E-state index in [9.17, 15) is 9.18 Å². The van der Waals surface area contributed by atoms with Crippen LogP contribution in [0.4, 0.5) is 4.39 Å². The third kappa shape index (κ3) is 4.98. The Morgan fingerprint density at radius 2 is 1.96 bits per heavy atom. The van der Waals surface area contributed by atoms with E-state index in [1.54, 1.807) is 35.2 Å². The largest absolute Gasteiger partial charge is 0.423 e. The van der Waals surface area contributed by atoms with E-state index in [1.165, 1.54) is 24.3 Å². The van der Waals surface area contributed by atoms with Gasteiger partial charge in [-0.1, -0.05) is 13.3 Å². The molecule has 0 fully saturated rings. The smallest absolute Gasteiger partial charge is 0.343 e. The molecule has 1 N–H and O–H groups in total. The van der Waals surface area contributed by atoms with E-state index in [2.05, 4.69) is 22.2 Å². The number of aryl methyl sites for hydroxylation is 1. The van der Waals surface area contributed by atoms with Gasteiger partial charge in [0, 0.05) is 6.42 Å². The number of benzene rings is 2. The number of aromatic nitrogens is 3. The lowest BCUT2D eigenvalue weighted by molar-refractivity contribution is 0.0734. The van der Waals surface area contributed by atoms with Crippen LogP contribution in [0.3, 0.4) is 0 Å². The molecule has 0 spiro atoms. The van der Waals surface area contributed by atoms with Gasteiger partial charge in [0.15, 0.2) is 5.82 Å². The molecule has 8 heteroatoms. The van der Waals surface area contributed by atoms with Gasteiger partial charge in [-0.3, -0.25) is 5.10 Å². The highest BCUT2D eigenvalue weighted by molar-refractivity contribution is 7.71. The van der Waals surface area contributed by atoms with Crippen LogP contribution in [0.25, 0.3) is 0 Å². The summed E-state index contributed by atoms with van der Waals surface area (Å²) in [5.74, 6) is 0.213. The molecule has 1 heterocycles. The maximum Gasteiger partial charge on any atom is 0.343 e. The molecule has 144 valence electrons. The van der Waals surface area contributed by atoms with Crippen molar-refractivity contribution in [2.45, 2.75) is 26.2 Å². The van der Waals surface area contributed by atoms with Gasteiger partial charge in [0.1, 0.15) is 11.6 Å². The Hall–Kier alpha value is -3.13. The van der Waals surface area contributed by atoms with E-state index >= 15 is 0 Å². The van der Waals surface area contributed by atoms with Crippen molar-refractivity contribution in [2.24, 2.45) is 5.10 Å². The first kappa shape index (κ1) is 19.6. The summed E-state index contributed by atoms with van der Waals surface area (Å²) in [4.78, 5) is 12.1. The van der Waals surface area contributed by atoms with E-state index in [4.69, 9.17) is 17.0 Å². The summed E-state index contributed by atoms with van der Waals surface area (Å²) < 4.78 is 20.3. The van der Waals surface area contributed by atoms with Crippen LogP contribution in [0.5, 0.6) is 5.75 Å². The van der Waals surface area contributed by atoms with Gasteiger partial charge in [-0.15, -0.1) is 0 Å². The average molecular weight is 398 g/mol. The lowest BCUT2D eigenvalue weighted by Gasteiger charge is -2.04. The minimum atomic E-state index is -0.549. The number of nitrogens with one attached hydrogen (secondary N) is 1. The normalized spacial score (nSPS) is 11.1. The lowest BCUT2D eigenvalue weighted by atomic mass is 10.2. The summed E-state index contributed by atoms with van der Waals surface area (Å²) in [7, 11) is 0. The van der Waals surface area contributed by atoms with Crippen molar-refractivity contribution in [1.29, 1.82) is 0 Å². The van der Waals surface area contributed by atoms with Crippen LogP contribution in [0, 0.1) is 10.6 Å². The molecule has 0 saturated heterocycles. The van der Waals surface area contributed by atoms with Crippen molar-refractivity contribution in [3.8, 4) is 5.75 Å². The third-order valence-corrected chi connectivity index (χ3v) is 4.23. The van der Waals surface area contributed by atoms with Gasteiger partial charge in [0.05, 0.1) is 11.8 Å². The fraction of sp³-hybridized carbons (Fsp3) is 0.200. The molecule has 2 aromatic carbocycles. The van der Waals surface area contributed by atoms with E-state index in [-0.39, 0.29) is 5.56 Å². The minimum Gasteiger partial charge on any atom is -0.423 e. The number of hydrogen-bond donors (Lipinski definition) is 1. The molecule has 0 atom stereocenters. The molecule has 0 saturated carbocycles. The highest BCUT2D eigenvalue weighted by Crippen LogP contribution is 2.14. The van der Waals surface area contributed by atoms with Gasteiger partial charge < -0.3 is 4.74 Å². The zero-order valence-electron chi connectivity index (χ0n) is 15.3. The number of esters is 1. The third-order valence-electron chi connectivity index (χ3n) is 3.96. The number of carbonyl (C=O) groups excluding carboxylic acids is 1. The van der Waals surface area contributed by atoms with Gasteiger partial charge in [-0.05, 0) is 72.7 Å². The quantitative estimate of drug-likeness (QED) is 0.275. The van der Waals surface area contributed by atoms with Crippen molar-refractivity contribution in [3.63, 3.8) is 0 Å². The fourth-order valence-corrected chi connectivity index (χ4v) is 2.64. The Balaban J connectivity index is 1.67. The molecular weight excluding hydrogens is 379 g/mol. The summed E-state index contributed by atoms with van der Waals surface area (Å²) >= 11 is 5.21. The van der Waals surface area contributed by atoms with E-state index in [0.717, 1.165) is 30.7 Å². The Kier molecular flexibility index (Phi) is 6.44. The number of carbonyl (C=O) groups is 1. The number of halogens is 1. The molecule has 28 heavy (non-hydrogen) atoms. The van der Waals surface area contributed by atoms with Gasteiger partial charge in [0.25, 0.3) is 0 Å². The van der Waals surface area contributed by atoms with Crippen LogP contribution < -0.4 is 4.74 Å². The molecule has 0 bridgehead atoms. The molecule has 3 aromatic rings. The van der Waals surface area contributed by atoms with Crippen LogP contribution in [-0.2, 0) is 6.42 Å². The standard InChI is InChI=1S/C20H19FN4O2S/c1-2-3-4-18-23-24-20(28)25(18)22-13-14-5-11-17(12-6-14)27-19(26)15-7-9-16(21)10-8-15/h5-13H,2-4H2,1H3,(H,24,28)/b22-13-. The van der Waals surface area contributed by atoms with Crippen molar-refractivity contribution in [3.05, 3.63) is 76.1 Å². The Labute approximate surface area is 166 Å². The number of hydrogen-bond acceptors (Lipinski definition) is 5. The summed E-state index contributed by atoms with van der Waals surface area (Å²) in [5.41, 5.74) is 1.09. The number of nitrogens with zero attached hydrogens (tertiary/aromatic N) is 3. The molecule has 6 nitrogen and oxygen atoms in total. The van der Waals surface area contributed by atoms with Crippen molar-refractivity contribution in [2.75, 3.05) is 0 Å². The lowest BCUT2D eigenvalue weighted by Crippen LogP contribution is -2.08. The maximum atomic E-state index is 12.9. The minimum absolute atomic E-state index is 0.279.